The Morgan fingerprint density at radius 3 is 2.91 bits per heavy atom. The molecule has 1 unspecified atom stereocenters. The summed E-state index contributed by atoms with van der Waals surface area (Å²) < 4.78 is 6.89. The molecule has 0 saturated carbocycles. The van der Waals surface area contributed by atoms with Crippen molar-refractivity contribution in [1.82, 2.24) is 0 Å². The number of amides is 2. The molecule has 5 heteroatoms. The van der Waals surface area contributed by atoms with E-state index in [1.54, 1.807) is 4.90 Å². The van der Waals surface area contributed by atoms with E-state index in [0.29, 0.717) is 6.54 Å². The number of anilines is 2. The zero-order chi connectivity index (χ0) is 16.4. The predicted octanol–water partition coefficient (Wildman–Crippen LogP) is 4.97. The number of ether oxygens (including phenoxy) is 1. The third kappa shape index (κ3) is 3.50. The largest absolute Gasteiger partial charge is 0.486 e. The highest BCUT2D eigenvalue weighted by atomic mass is 79.9. The maximum atomic E-state index is 12.8. The lowest BCUT2D eigenvalue weighted by Crippen LogP contribution is -2.45. The molecule has 3 rings (SSSR count). The molecule has 1 aliphatic rings. The van der Waals surface area contributed by atoms with Gasteiger partial charge in [0.25, 0.3) is 0 Å². The molecule has 0 radical (unpaired) electrons. The van der Waals surface area contributed by atoms with Gasteiger partial charge in [0, 0.05) is 10.2 Å². The first-order valence-electron chi connectivity index (χ1n) is 7.68. The van der Waals surface area contributed by atoms with Crippen LogP contribution in [0.5, 0.6) is 5.75 Å². The zero-order valence-corrected chi connectivity index (χ0v) is 14.8. The summed E-state index contributed by atoms with van der Waals surface area (Å²) in [6.45, 7) is 4.62. The molecule has 1 heterocycles. The van der Waals surface area contributed by atoms with Crippen LogP contribution in [0.2, 0.25) is 0 Å². The van der Waals surface area contributed by atoms with E-state index < -0.39 is 0 Å². The van der Waals surface area contributed by atoms with Crippen molar-refractivity contribution < 1.29 is 9.53 Å². The number of aryl methyl sites for hydroxylation is 1. The minimum absolute atomic E-state index is 0.0125. The fourth-order valence-corrected chi connectivity index (χ4v) is 3.02. The number of fused-ring (bicyclic) bond motifs is 1. The Balaban J connectivity index is 1.88. The Bertz CT molecular complexity index is 733. The zero-order valence-electron chi connectivity index (χ0n) is 13.2. The first-order chi connectivity index (χ1) is 11.1. The van der Waals surface area contributed by atoms with Crippen LogP contribution in [-0.2, 0) is 0 Å². The van der Waals surface area contributed by atoms with Crippen molar-refractivity contribution in [3.8, 4) is 5.75 Å². The maximum Gasteiger partial charge on any atom is 0.326 e. The number of nitrogens with one attached hydrogen (secondary N) is 1. The van der Waals surface area contributed by atoms with Gasteiger partial charge in [-0.05, 0) is 49.2 Å². The average Bonchev–Trinajstić information content (AvgIpc) is 2.53. The fourth-order valence-electron chi connectivity index (χ4n) is 2.62. The SMILES string of the molecule is CCC1CN(C(=O)Nc2cccc(Br)c2)c2cc(C)ccc2O1. The minimum Gasteiger partial charge on any atom is -0.486 e. The Kier molecular flexibility index (Phi) is 4.57. The average molecular weight is 375 g/mol. The minimum atomic E-state index is -0.142. The number of rotatable bonds is 2. The standard InChI is InChI=1S/C18H19BrN2O2/c1-3-15-11-21(16-9-12(2)7-8-17(16)23-15)18(22)20-14-6-4-5-13(19)10-14/h4-10,15H,3,11H2,1-2H3,(H,20,22). The molecule has 1 atom stereocenters. The van der Waals surface area contributed by atoms with E-state index in [1.807, 2.05) is 49.4 Å². The van der Waals surface area contributed by atoms with Gasteiger partial charge in [-0.1, -0.05) is 35.0 Å². The molecule has 23 heavy (non-hydrogen) atoms. The Morgan fingerprint density at radius 2 is 2.17 bits per heavy atom. The molecule has 0 aliphatic carbocycles. The molecular formula is C18H19BrN2O2. The lowest BCUT2D eigenvalue weighted by molar-refractivity contribution is 0.188. The number of urea groups is 1. The highest BCUT2D eigenvalue weighted by molar-refractivity contribution is 9.10. The van der Waals surface area contributed by atoms with E-state index >= 15 is 0 Å². The molecule has 1 aliphatic heterocycles. The molecule has 0 spiro atoms. The van der Waals surface area contributed by atoms with Gasteiger partial charge in [-0.25, -0.2) is 4.79 Å². The summed E-state index contributed by atoms with van der Waals surface area (Å²) in [5.74, 6) is 0.762. The topological polar surface area (TPSA) is 41.6 Å². The van der Waals surface area contributed by atoms with Crippen LogP contribution in [0.25, 0.3) is 0 Å². The molecule has 0 saturated heterocycles. The summed E-state index contributed by atoms with van der Waals surface area (Å²) in [4.78, 5) is 14.5. The van der Waals surface area contributed by atoms with E-state index in [-0.39, 0.29) is 12.1 Å². The van der Waals surface area contributed by atoms with Crippen molar-refractivity contribution in [1.29, 1.82) is 0 Å². The fraction of sp³-hybridized carbons (Fsp3) is 0.278. The summed E-state index contributed by atoms with van der Waals surface area (Å²) in [6.07, 6.45) is 0.868. The molecule has 1 N–H and O–H groups in total. The van der Waals surface area contributed by atoms with Gasteiger partial charge < -0.3 is 10.1 Å². The first kappa shape index (κ1) is 15.9. The molecule has 2 aromatic rings. The normalized spacial score (nSPS) is 16.5. The molecule has 0 fully saturated rings. The van der Waals surface area contributed by atoms with Gasteiger partial charge in [-0.2, -0.15) is 0 Å². The summed E-state index contributed by atoms with van der Waals surface area (Å²) in [5.41, 5.74) is 2.68. The van der Waals surface area contributed by atoms with Crippen LogP contribution in [0.15, 0.2) is 46.9 Å². The summed E-state index contributed by atoms with van der Waals surface area (Å²) in [5, 5.41) is 2.96. The van der Waals surface area contributed by atoms with Crippen LogP contribution in [0.1, 0.15) is 18.9 Å². The molecular weight excluding hydrogens is 356 g/mol. The van der Waals surface area contributed by atoms with E-state index in [0.717, 1.165) is 33.6 Å². The van der Waals surface area contributed by atoms with Crippen molar-refractivity contribution >= 4 is 33.3 Å². The number of carbonyl (C=O) groups is 1. The Morgan fingerprint density at radius 1 is 1.35 bits per heavy atom. The molecule has 120 valence electrons. The van der Waals surface area contributed by atoms with Gasteiger partial charge in [-0.15, -0.1) is 0 Å². The van der Waals surface area contributed by atoms with Gasteiger partial charge in [0.05, 0.1) is 12.2 Å². The van der Waals surface area contributed by atoms with Gasteiger partial charge in [0.2, 0.25) is 0 Å². The Hall–Kier alpha value is -2.01. The quantitative estimate of drug-likeness (QED) is 0.806. The van der Waals surface area contributed by atoms with E-state index in [2.05, 4.69) is 28.2 Å². The second-order valence-corrected chi connectivity index (χ2v) is 6.59. The van der Waals surface area contributed by atoms with Gasteiger partial charge in [0.1, 0.15) is 11.9 Å². The summed E-state index contributed by atoms with van der Waals surface area (Å²) in [6, 6.07) is 13.4. The number of halogens is 1. The Labute approximate surface area is 144 Å². The maximum absolute atomic E-state index is 12.8. The molecule has 4 nitrogen and oxygen atoms in total. The second-order valence-electron chi connectivity index (χ2n) is 5.67. The summed E-state index contributed by atoms with van der Waals surface area (Å²) in [7, 11) is 0. The molecule has 0 aromatic heterocycles. The van der Waals surface area contributed by atoms with Crippen LogP contribution < -0.4 is 15.0 Å². The predicted molar refractivity (Wildman–Crippen MR) is 96.4 cm³/mol. The number of hydrogen-bond donors (Lipinski definition) is 1. The van der Waals surface area contributed by atoms with E-state index in [4.69, 9.17) is 4.74 Å². The highest BCUT2D eigenvalue weighted by Gasteiger charge is 2.29. The third-order valence-corrected chi connectivity index (χ3v) is 4.35. The highest BCUT2D eigenvalue weighted by Crippen LogP contribution is 2.35. The van der Waals surface area contributed by atoms with Gasteiger partial charge in [-0.3, -0.25) is 4.90 Å². The van der Waals surface area contributed by atoms with E-state index in [1.165, 1.54) is 0 Å². The van der Waals surface area contributed by atoms with Crippen molar-refractivity contribution in [3.63, 3.8) is 0 Å². The van der Waals surface area contributed by atoms with Gasteiger partial charge >= 0.3 is 6.03 Å². The second kappa shape index (κ2) is 6.62. The summed E-state index contributed by atoms with van der Waals surface area (Å²) >= 11 is 3.42. The number of carbonyl (C=O) groups excluding carboxylic acids is 1. The molecule has 2 aromatic carbocycles. The van der Waals surface area contributed by atoms with Crippen LogP contribution >= 0.6 is 15.9 Å². The lowest BCUT2D eigenvalue weighted by Gasteiger charge is -2.34. The van der Waals surface area contributed by atoms with Crippen molar-refractivity contribution in [2.24, 2.45) is 0 Å². The lowest BCUT2D eigenvalue weighted by atomic mass is 10.1. The number of nitrogens with zero attached hydrogens (tertiary/aromatic N) is 1. The smallest absolute Gasteiger partial charge is 0.326 e. The van der Waals surface area contributed by atoms with Crippen molar-refractivity contribution in [2.45, 2.75) is 26.4 Å². The first-order valence-corrected chi connectivity index (χ1v) is 8.47. The van der Waals surface area contributed by atoms with Crippen LogP contribution in [0, 0.1) is 6.92 Å². The monoisotopic (exact) mass is 374 g/mol. The third-order valence-electron chi connectivity index (χ3n) is 3.86. The van der Waals surface area contributed by atoms with Crippen molar-refractivity contribution in [2.75, 3.05) is 16.8 Å². The number of hydrogen-bond acceptors (Lipinski definition) is 2. The van der Waals surface area contributed by atoms with E-state index in [9.17, 15) is 4.79 Å². The van der Waals surface area contributed by atoms with Crippen LogP contribution in [-0.4, -0.2) is 18.7 Å². The molecule has 2 amide bonds. The van der Waals surface area contributed by atoms with Crippen LogP contribution in [0.4, 0.5) is 16.2 Å². The number of benzene rings is 2. The van der Waals surface area contributed by atoms with Gasteiger partial charge in [0.15, 0.2) is 0 Å². The van der Waals surface area contributed by atoms with Crippen LogP contribution in [0.3, 0.4) is 0 Å². The molecule has 0 bridgehead atoms. The van der Waals surface area contributed by atoms with Crippen molar-refractivity contribution in [3.05, 3.63) is 52.5 Å².